The summed E-state index contributed by atoms with van der Waals surface area (Å²) in [6.07, 6.45) is 1.66. The summed E-state index contributed by atoms with van der Waals surface area (Å²) in [4.78, 5) is 0. The normalized spacial score (nSPS) is 13.9. The molecule has 0 saturated heterocycles. The lowest BCUT2D eigenvalue weighted by Crippen LogP contribution is -2.41. The Morgan fingerprint density at radius 2 is 2.00 bits per heavy atom. The van der Waals surface area contributed by atoms with E-state index in [2.05, 4.69) is 13.8 Å². The quantitative estimate of drug-likeness (QED) is 0.889. The number of rotatable bonds is 5. The smallest absolute Gasteiger partial charge is 0.134 e. The third-order valence-corrected chi connectivity index (χ3v) is 4.21. The van der Waals surface area contributed by atoms with Crippen molar-refractivity contribution in [3.63, 3.8) is 0 Å². The third-order valence-electron chi connectivity index (χ3n) is 3.97. The Morgan fingerprint density at radius 1 is 1.32 bits per heavy atom. The van der Waals surface area contributed by atoms with E-state index in [0.29, 0.717) is 5.02 Å². The molecule has 1 atom stereocenters. The molecular weight excluding hydrogens is 262 g/mol. The van der Waals surface area contributed by atoms with Crippen LogP contribution >= 0.6 is 11.6 Å². The Morgan fingerprint density at radius 3 is 2.58 bits per heavy atom. The van der Waals surface area contributed by atoms with E-state index in [9.17, 15) is 0 Å². The van der Waals surface area contributed by atoms with E-state index in [1.54, 1.807) is 7.11 Å². The highest BCUT2D eigenvalue weighted by atomic mass is 35.5. The average Bonchev–Trinajstić information content (AvgIpc) is 2.84. The van der Waals surface area contributed by atoms with Crippen molar-refractivity contribution in [2.24, 2.45) is 5.73 Å². The number of halogens is 1. The number of nitrogens with two attached hydrogens (primary N) is 1. The van der Waals surface area contributed by atoms with Gasteiger partial charge in [-0.25, -0.2) is 0 Å². The molecule has 0 saturated carbocycles. The van der Waals surface area contributed by atoms with Crippen molar-refractivity contribution >= 4 is 22.6 Å². The van der Waals surface area contributed by atoms with Gasteiger partial charge in [-0.05, 0) is 37.1 Å². The first-order valence-corrected chi connectivity index (χ1v) is 6.93. The molecule has 0 aliphatic heterocycles. The second-order valence-corrected chi connectivity index (χ2v) is 5.22. The third kappa shape index (κ3) is 2.50. The lowest BCUT2D eigenvalue weighted by atomic mass is 9.87. The van der Waals surface area contributed by atoms with Crippen molar-refractivity contribution in [2.45, 2.75) is 38.3 Å². The van der Waals surface area contributed by atoms with Crippen LogP contribution in [0.4, 0.5) is 0 Å². The zero-order valence-corrected chi connectivity index (χ0v) is 12.3. The van der Waals surface area contributed by atoms with Gasteiger partial charge in [0.05, 0.1) is 11.6 Å². The van der Waals surface area contributed by atoms with Crippen LogP contribution in [0.15, 0.2) is 28.7 Å². The monoisotopic (exact) mass is 281 g/mol. The lowest BCUT2D eigenvalue weighted by Gasteiger charge is -2.34. The minimum Gasteiger partial charge on any atom is -0.459 e. The van der Waals surface area contributed by atoms with Gasteiger partial charge in [0.2, 0.25) is 0 Å². The minimum atomic E-state index is -0.391. The maximum absolute atomic E-state index is 6.36. The first-order chi connectivity index (χ1) is 9.06. The molecule has 0 spiro atoms. The van der Waals surface area contributed by atoms with E-state index < -0.39 is 5.60 Å². The molecule has 0 aliphatic carbocycles. The first-order valence-electron chi connectivity index (χ1n) is 6.56. The van der Waals surface area contributed by atoms with Gasteiger partial charge in [-0.1, -0.05) is 25.4 Å². The van der Waals surface area contributed by atoms with Crippen LogP contribution in [-0.2, 0) is 4.74 Å². The van der Waals surface area contributed by atoms with Crippen LogP contribution in [0.3, 0.4) is 0 Å². The highest BCUT2D eigenvalue weighted by Gasteiger charge is 2.36. The van der Waals surface area contributed by atoms with Gasteiger partial charge >= 0.3 is 0 Å². The summed E-state index contributed by atoms with van der Waals surface area (Å²) in [5, 5.41) is 1.66. The van der Waals surface area contributed by atoms with Gasteiger partial charge in [0.1, 0.15) is 11.3 Å². The predicted octanol–water partition coefficient (Wildman–Crippen LogP) is 4.29. The molecule has 2 aromatic rings. The first kappa shape index (κ1) is 14.4. The molecule has 104 valence electrons. The second-order valence-electron chi connectivity index (χ2n) is 4.78. The molecule has 1 heterocycles. The molecule has 4 heteroatoms. The van der Waals surface area contributed by atoms with Gasteiger partial charge in [-0.15, -0.1) is 0 Å². The number of methoxy groups -OCH3 is 1. The van der Waals surface area contributed by atoms with E-state index in [0.717, 1.165) is 29.6 Å². The topological polar surface area (TPSA) is 48.4 Å². The van der Waals surface area contributed by atoms with Crippen molar-refractivity contribution in [2.75, 3.05) is 7.11 Å². The lowest BCUT2D eigenvalue weighted by molar-refractivity contribution is -0.0428. The summed E-state index contributed by atoms with van der Waals surface area (Å²) in [5.74, 6) is 0.739. The van der Waals surface area contributed by atoms with E-state index in [1.165, 1.54) is 0 Å². The largest absolute Gasteiger partial charge is 0.459 e. The van der Waals surface area contributed by atoms with E-state index in [4.69, 9.17) is 26.5 Å². The molecule has 1 unspecified atom stereocenters. The molecule has 1 aromatic carbocycles. The minimum absolute atomic E-state index is 0.293. The average molecular weight is 282 g/mol. The number of furan rings is 1. The zero-order chi connectivity index (χ0) is 14.0. The summed E-state index contributed by atoms with van der Waals surface area (Å²) < 4.78 is 11.5. The molecule has 1 aromatic heterocycles. The Hall–Kier alpha value is -1.03. The SMILES string of the molecule is CCC(CC)(OC)C(N)c1cc2cc(Cl)ccc2o1. The van der Waals surface area contributed by atoms with Crippen molar-refractivity contribution in [3.8, 4) is 0 Å². The second kappa shape index (κ2) is 5.53. The highest BCUT2D eigenvalue weighted by molar-refractivity contribution is 6.31. The van der Waals surface area contributed by atoms with Crippen LogP contribution < -0.4 is 5.73 Å². The molecule has 3 nitrogen and oxygen atoms in total. The summed E-state index contributed by atoms with van der Waals surface area (Å²) in [6, 6.07) is 7.21. The van der Waals surface area contributed by atoms with Gasteiger partial charge in [0, 0.05) is 17.5 Å². The van der Waals surface area contributed by atoms with E-state index in [1.807, 2.05) is 24.3 Å². The highest BCUT2D eigenvalue weighted by Crippen LogP contribution is 2.35. The summed E-state index contributed by atoms with van der Waals surface area (Å²) in [5.41, 5.74) is 6.76. The molecular formula is C15H20ClNO2. The van der Waals surface area contributed by atoms with E-state index >= 15 is 0 Å². The summed E-state index contributed by atoms with van der Waals surface area (Å²) >= 11 is 5.98. The van der Waals surface area contributed by atoms with Crippen LogP contribution in [0.5, 0.6) is 0 Å². The van der Waals surface area contributed by atoms with Gasteiger partial charge in [-0.2, -0.15) is 0 Å². The Balaban J connectivity index is 2.43. The van der Waals surface area contributed by atoms with Crippen molar-refractivity contribution in [1.29, 1.82) is 0 Å². The number of hydrogen-bond acceptors (Lipinski definition) is 3. The van der Waals surface area contributed by atoms with Crippen LogP contribution in [0.25, 0.3) is 11.0 Å². The molecule has 0 aliphatic rings. The van der Waals surface area contributed by atoms with Crippen molar-refractivity contribution in [1.82, 2.24) is 0 Å². The number of ether oxygens (including phenoxy) is 1. The maximum atomic E-state index is 6.36. The number of benzene rings is 1. The van der Waals surface area contributed by atoms with Gasteiger partial charge in [-0.3, -0.25) is 0 Å². The molecule has 19 heavy (non-hydrogen) atoms. The number of hydrogen-bond donors (Lipinski definition) is 1. The van der Waals surface area contributed by atoms with Crippen molar-refractivity contribution < 1.29 is 9.15 Å². The van der Waals surface area contributed by atoms with Crippen molar-refractivity contribution in [3.05, 3.63) is 35.0 Å². The van der Waals surface area contributed by atoms with Gasteiger partial charge in [0.15, 0.2) is 0 Å². The fourth-order valence-corrected chi connectivity index (χ4v) is 2.73. The summed E-state index contributed by atoms with van der Waals surface area (Å²) in [6.45, 7) is 4.15. The molecule has 0 bridgehead atoms. The molecule has 0 fully saturated rings. The Labute approximate surface area is 118 Å². The molecule has 2 N–H and O–H groups in total. The van der Waals surface area contributed by atoms with Crippen LogP contribution in [0.1, 0.15) is 38.5 Å². The Kier molecular flexibility index (Phi) is 4.19. The van der Waals surface area contributed by atoms with Crippen LogP contribution in [0, 0.1) is 0 Å². The molecule has 2 rings (SSSR count). The van der Waals surface area contributed by atoms with Gasteiger partial charge in [0.25, 0.3) is 0 Å². The molecule has 0 radical (unpaired) electrons. The fourth-order valence-electron chi connectivity index (χ4n) is 2.55. The fraction of sp³-hybridized carbons (Fsp3) is 0.467. The Bertz CT molecular complexity index is 552. The summed E-state index contributed by atoms with van der Waals surface area (Å²) in [7, 11) is 1.70. The standard InChI is InChI=1S/C15H20ClNO2/c1-4-15(5-2,18-3)14(17)13-9-10-8-11(16)6-7-12(10)19-13/h6-9,14H,4-5,17H2,1-3H3. The van der Waals surface area contributed by atoms with Gasteiger partial charge < -0.3 is 14.9 Å². The maximum Gasteiger partial charge on any atom is 0.134 e. The molecule has 0 amide bonds. The van der Waals surface area contributed by atoms with Crippen LogP contribution in [0.2, 0.25) is 5.02 Å². The number of fused-ring (bicyclic) bond motifs is 1. The van der Waals surface area contributed by atoms with Crippen LogP contribution in [-0.4, -0.2) is 12.7 Å². The predicted molar refractivity (Wildman–Crippen MR) is 78.5 cm³/mol. The van der Waals surface area contributed by atoms with E-state index in [-0.39, 0.29) is 6.04 Å². The zero-order valence-electron chi connectivity index (χ0n) is 11.6.